The Kier molecular flexibility index (Phi) is 5.79. The second-order valence-electron chi connectivity index (χ2n) is 6.37. The van der Waals surface area contributed by atoms with Gasteiger partial charge in [0.1, 0.15) is 6.04 Å². The van der Waals surface area contributed by atoms with Gasteiger partial charge in [-0.15, -0.1) is 0 Å². The van der Waals surface area contributed by atoms with Gasteiger partial charge in [0, 0.05) is 17.6 Å². The van der Waals surface area contributed by atoms with Gasteiger partial charge in [-0.05, 0) is 55.2 Å². The Morgan fingerprint density at radius 1 is 1.19 bits per heavy atom. The minimum absolute atomic E-state index is 0.208. The topological polar surface area (TPSA) is 66.5 Å². The van der Waals surface area contributed by atoms with Crippen molar-refractivity contribution in [3.8, 4) is 0 Å². The molecule has 1 aliphatic rings. The molecule has 1 aliphatic heterocycles. The van der Waals surface area contributed by atoms with Gasteiger partial charge in [0.25, 0.3) is 0 Å². The lowest BCUT2D eigenvalue weighted by molar-refractivity contribution is -0.124. The van der Waals surface area contributed by atoms with Crippen LogP contribution in [0.2, 0.25) is 0 Å². The Morgan fingerprint density at radius 3 is 2.58 bits per heavy atom. The maximum Gasteiger partial charge on any atom is 0.243 e. The van der Waals surface area contributed by atoms with Gasteiger partial charge in [0.15, 0.2) is 0 Å². The number of benzene rings is 2. The third kappa shape index (κ3) is 4.00. The number of sulfonamides is 1. The molecule has 0 radical (unpaired) electrons. The number of rotatable bonds is 5. The van der Waals surface area contributed by atoms with E-state index in [0.29, 0.717) is 25.9 Å². The summed E-state index contributed by atoms with van der Waals surface area (Å²) < 4.78 is 28.0. The van der Waals surface area contributed by atoms with E-state index in [1.165, 1.54) is 4.31 Å². The van der Waals surface area contributed by atoms with Gasteiger partial charge in [-0.1, -0.05) is 40.2 Å². The predicted molar refractivity (Wildman–Crippen MR) is 104 cm³/mol. The summed E-state index contributed by atoms with van der Waals surface area (Å²) in [4.78, 5) is 12.9. The Bertz CT molecular complexity index is 897. The normalized spacial score (nSPS) is 18.0. The maximum atomic E-state index is 12.9. The summed E-state index contributed by atoms with van der Waals surface area (Å²) in [6, 6.07) is 13.7. The van der Waals surface area contributed by atoms with Crippen LogP contribution in [0.25, 0.3) is 0 Å². The number of carbonyl (C=O) groups excluding carboxylic acids is 1. The molecule has 0 bridgehead atoms. The van der Waals surface area contributed by atoms with Crippen molar-refractivity contribution >= 4 is 31.9 Å². The molecule has 3 rings (SSSR count). The summed E-state index contributed by atoms with van der Waals surface area (Å²) >= 11 is 3.31. The van der Waals surface area contributed by atoms with E-state index in [-0.39, 0.29) is 10.8 Å². The SMILES string of the molecule is Cc1ccccc1CNC(=O)C1CCCN1S(=O)(=O)c1ccc(Br)cc1. The second kappa shape index (κ2) is 7.90. The van der Waals surface area contributed by atoms with Gasteiger partial charge in [-0.2, -0.15) is 4.31 Å². The van der Waals surface area contributed by atoms with Gasteiger partial charge in [0.05, 0.1) is 4.90 Å². The molecular formula is C19H21BrN2O3S. The van der Waals surface area contributed by atoms with E-state index >= 15 is 0 Å². The molecule has 0 aromatic heterocycles. The average Bonchev–Trinajstić information content (AvgIpc) is 3.12. The third-order valence-corrected chi connectivity index (χ3v) is 7.09. The molecule has 1 atom stereocenters. The first-order valence-corrected chi connectivity index (χ1v) is 10.7. The number of hydrogen-bond acceptors (Lipinski definition) is 3. The van der Waals surface area contributed by atoms with Crippen LogP contribution in [0.1, 0.15) is 24.0 Å². The first-order valence-electron chi connectivity index (χ1n) is 8.49. The number of carbonyl (C=O) groups is 1. The van der Waals surface area contributed by atoms with Gasteiger partial charge in [0.2, 0.25) is 15.9 Å². The zero-order valence-corrected chi connectivity index (χ0v) is 16.9. The van der Waals surface area contributed by atoms with Crippen molar-refractivity contribution in [3.63, 3.8) is 0 Å². The zero-order chi connectivity index (χ0) is 18.7. The summed E-state index contributed by atoms with van der Waals surface area (Å²) in [5, 5.41) is 2.89. The fraction of sp³-hybridized carbons (Fsp3) is 0.316. The van der Waals surface area contributed by atoms with Crippen molar-refractivity contribution in [3.05, 3.63) is 64.1 Å². The van der Waals surface area contributed by atoms with Crippen LogP contribution in [0.5, 0.6) is 0 Å². The van der Waals surface area contributed by atoms with Crippen molar-refractivity contribution in [1.29, 1.82) is 0 Å². The Morgan fingerprint density at radius 2 is 1.88 bits per heavy atom. The van der Waals surface area contributed by atoms with Gasteiger partial charge in [-0.3, -0.25) is 4.79 Å². The average molecular weight is 437 g/mol. The quantitative estimate of drug-likeness (QED) is 0.781. The van der Waals surface area contributed by atoms with E-state index in [1.54, 1.807) is 24.3 Å². The number of aryl methyl sites for hydroxylation is 1. The van der Waals surface area contributed by atoms with Crippen LogP contribution in [0, 0.1) is 6.92 Å². The summed E-state index contributed by atoms with van der Waals surface area (Å²) in [5.41, 5.74) is 2.12. The minimum Gasteiger partial charge on any atom is -0.351 e. The highest BCUT2D eigenvalue weighted by atomic mass is 79.9. The molecule has 1 N–H and O–H groups in total. The Balaban J connectivity index is 1.74. The van der Waals surface area contributed by atoms with E-state index in [4.69, 9.17) is 0 Å². The van der Waals surface area contributed by atoms with Crippen LogP contribution in [-0.2, 0) is 21.4 Å². The largest absolute Gasteiger partial charge is 0.351 e. The molecule has 0 spiro atoms. The molecule has 2 aromatic rings. The zero-order valence-electron chi connectivity index (χ0n) is 14.5. The number of nitrogens with zero attached hydrogens (tertiary/aromatic N) is 1. The van der Waals surface area contributed by atoms with E-state index in [9.17, 15) is 13.2 Å². The van der Waals surface area contributed by atoms with Crippen LogP contribution in [0.4, 0.5) is 0 Å². The molecule has 138 valence electrons. The number of nitrogens with one attached hydrogen (secondary N) is 1. The predicted octanol–water partition coefficient (Wildman–Crippen LogP) is 3.23. The van der Waals surface area contributed by atoms with Crippen molar-refractivity contribution < 1.29 is 13.2 Å². The molecule has 0 aliphatic carbocycles. The van der Waals surface area contributed by atoms with E-state index in [0.717, 1.165) is 15.6 Å². The molecule has 1 saturated heterocycles. The molecule has 0 saturated carbocycles. The summed E-state index contributed by atoms with van der Waals surface area (Å²) in [7, 11) is -3.69. The van der Waals surface area contributed by atoms with Crippen LogP contribution < -0.4 is 5.32 Å². The highest BCUT2D eigenvalue weighted by Crippen LogP contribution is 2.27. The fourth-order valence-corrected chi connectivity index (χ4v) is 5.06. The van der Waals surface area contributed by atoms with Crippen molar-refractivity contribution in [2.75, 3.05) is 6.54 Å². The smallest absolute Gasteiger partial charge is 0.243 e. The fourth-order valence-electron chi connectivity index (χ4n) is 3.14. The van der Waals surface area contributed by atoms with Crippen molar-refractivity contribution in [2.24, 2.45) is 0 Å². The van der Waals surface area contributed by atoms with Crippen LogP contribution >= 0.6 is 15.9 Å². The van der Waals surface area contributed by atoms with Gasteiger partial charge >= 0.3 is 0 Å². The first-order chi connectivity index (χ1) is 12.4. The van der Waals surface area contributed by atoms with Gasteiger partial charge in [-0.25, -0.2) is 8.42 Å². The Hall–Kier alpha value is -1.70. The molecule has 7 heteroatoms. The van der Waals surface area contributed by atoms with Crippen LogP contribution in [0.15, 0.2) is 57.9 Å². The summed E-state index contributed by atoms with van der Waals surface area (Å²) in [6.45, 7) is 2.75. The minimum atomic E-state index is -3.69. The highest BCUT2D eigenvalue weighted by Gasteiger charge is 2.39. The Labute approximate surface area is 162 Å². The molecular weight excluding hydrogens is 416 g/mol. The van der Waals surface area contributed by atoms with E-state index in [1.807, 2.05) is 31.2 Å². The lowest BCUT2D eigenvalue weighted by Gasteiger charge is -2.23. The highest BCUT2D eigenvalue weighted by molar-refractivity contribution is 9.10. The molecule has 1 heterocycles. The molecule has 1 unspecified atom stereocenters. The summed E-state index contributed by atoms with van der Waals surface area (Å²) in [6.07, 6.45) is 1.22. The second-order valence-corrected chi connectivity index (χ2v) is 9.18. The number of halogens is 1. The van der Waals surface area contributed by atoms with Crippen molar-refractivity contribution in [2.45, 2.75) is 37.2 Å². The molecule has 1 fully saturated rings. The number of amides is 1. The molecule has 26 heavy (non-hydrogen) atoms. The molecule has 5 nitrogen and oxygen atoms in total. The van der Waals surface area contributed by atoms with Crippen LogP contribution in [-0.4, -0.2) is 31.2 Å². The summed E-state index contributed by atoms with van der Waals surface area (Å²) in [5.74, 6) is -0.244. The maximum absolute atomic E-state index is 12.9. The van der Waals surface area contributed by atoms with E-state index in [2.05, 4.69) is 21.2 Å². The van der Waals surface area contributed by atoms with Crippen LogP contribution in [0.3, 0.4) is 0 Å². The first kappa shape index (κ1) is 19.1. The van der Waals surface area contributed by atoms with E-state index < -0.39 is 16.1 Å². The lowest BCUT2D eigenvalue weighted by atomic mass is 10.1. The lowest BCUT2D eigenvalue weighted by Crippen LogP contribution is -2.45. The molecule has 1 amide bonds. The molecule has 2 aromatic carbocycles. The number of hydrogen-bond donors (Lipinski definition) is 1. The monoisotopic (exact) mass is 436 g/mol. The van der Waals surface area contributed by atoms with Gasteiger partial charge < -0.3 is 5.32 Å². The van der Waals surface area contributed by atoms with Crippen molar-refractivity contribution in [1.82, 2.24) is 9.62 Å². The third-order valence-electron chi connectivity index (χ3n) is 4.64. The standard InChI is InChI=1S/C19H21BrN2O3S/c1-14-5-2-3-6-15(14)13-21-19(23)18-7-4-12-22(18)26(24,25)17-10-8-16(20)9-11-17/h2-3,5-6,8-11,18H,4,7,12-13H2,1H3,(H,21,23).